The van der Waals surface area contributed by atoms with E-state index in [-0.39, 0.29) is 18.2 Å². The van der Waals surface area contributed by atoms with E-state index in [0.717, 1.165) is 0 Å². The van der Waals surface area contributed by atoms with Gasteiger partial charge in [0.25, 0.3) is 0 Å². The lowest BCUT2D eigenvalue weighted by Gasteiger charge is -2.18. The lowest BCUT2D eigenvalue weighted by Crippen LogP contribution is -2.32. The van der Waals surface area contributed by atoms with Gasteiger partial charge in [0.2, 0.25) is 5.91 Å². The average molecular weight is 250 g/mol. The minimum atomic E-state index is -0.572. The van der Waals surface area contributed by atoms with Crippen molar-refractivity contribution in [3.8, 4) is 0 Å². The van der Waals surface area contributed by atoms with Crippen LogP contribution >= 0.6 is 0 Å². The number of esters is 1. The van der Waals surface area contributed by atoms with Gasteiger partial charge in [-0.1, -0.05) is 18.7 Å². The van der Waals surface area contributed by atoms with Crippen molar-refractivity contribution in [2.75, 3.05) is 13.2 Å². The van der Waals surface area contributed by atoms with Gasteiger partial charge in [-0.05, 0) is 6.42 Å². The van der Waals surface area contributed by atoms with Crippen LogP contribution in [0.15, 0.2) is 36.7 Å². The maximum Gasteiger partial charge on any atom is 0.357 e. The zero-order chi connectivity index (χ0) is 13.5. The van der Waals surface area contributed by atoms with Crippen molar-refractivity contribution in [1.82, 2.24) is 4.90 Å². The highest BCUT2D eigenvalue weighted by molar-refractivity contribution is 5.95. The van der Waals surface area contributed by atoms with Gasteiger partial charge in [0.1, 0.15) is 12.3 Å². The molecule has 0 radical (unpaired) electrons. The topological polar surface area (TPSA) is 72.6 Å². The van der Waals surface area contributed by atoms with Crippen molar-refractivity contribution in [1.29, 1.82) is 0 Å². The molecule has 18 heavy (non-hydrogen) atoms. The number of carbonyl (C=O) groups is 2. The van der Waals surface area contributed by atoms with Crippen molar-refractivity contribution in [3.05, 3.63) is 36.7 Å². The Morgan fingerprint density at radius 3 is 2.72 bits per heavy atom. The maximum absolute atomic E-state index is 11.9. The van der Waals surface area contributed by atoms with Gasteiger partial charge in [-0.3, -0.25) is 4.79 Å². The molecular formula is C13H18N2O3. The summed E-state index contributed by atoms with van der Waals surface area (Å²) in [6.07, 6.45) is 4.52. The molecule has 5 nitrogen and oxygen atoms in total. The molecule has 1 rings (SSSR count). The van der Waals surface area contributed by atoms with E-state index in [4.69, 9.17) is 10.5 Å². The first-order valence-electron chi connectivity index (χ1n) is 5.79. The molecule has 0 saturated heterocycles. The molecule has 0 spiro atoms. The summed E-state index contributed by atoms with van der Waals surface area (Å²) in [5, 5.41) is 0. The predicted molar refractivity (Wildman–Crippen MR) is 68.1 cm³/mol. The summed E-state index contributed by atoms with van der Waals surface area (Å²) < 4.78 is 4.92. The Labute approximate surface area is 107 Å². The van der Waals surface area contributed by atoms with Gasteiger partial charge in [0.05, 0.1) is 0 Å². The second-order valence-corrected chi connectivity index (χ2v) is 3.88. The fourth-order valence-corrected chi connectivity index (χ4v) is 1.69. The number of rotatable bonds is 6. The average Bonchev–Trinajstić information content (AvgIpc) is 2.75. The van der Waals surface area contributed by atoms with Gasteiger partial charge in [0.15, 0.2) is 0 Å². The predicted octanol–water partition coefficient (Wildman–Crippen LogP) is 1.08. The Morgan fingerprint density at radius 1 is 1.39 bits per heavy atom. The Bertz CT molecular complexity index is 399. The van der Waals surface area contributed by atoms with E-state index in [9.17, 15) is 9.59 Å². The lowest BCUT2D eigenvalue weighted by atomic mass is 10.2. The highest BCUT2D eigenvalue weighted by atomic mass is 16.5. The number of ether oxygens (including phenoxy) is 1. The van der Waals surface area contributed by atoms with Crippen molar-refractivity contribution < 1.29 is 14.3 Å². The fourth-order valence-electron chi connectivity index (χ4n) is 1.69. The van der Waals surface area contributed by atoms with Crippen LogP contribution in [-0.4, -0.2) is 29.9 Å². The molecule has 98 valence electrons. The molecular weight excluding hydrogens is 232 g/mol. The molecule has 0 bridgehead atoms. The van der Waals surface area contributed by atoms with Crippen LogP contribution in [0.5, 0.6) is 0 Å². The number of amides is 1. The molecule has 0 fully saturated rings. The first-order chi connectivity index (χ1) is 8.61. The largest absolute Gasteiger partial charge is 0.457 e. The second-order valence-electron chi connectivity index (χ2n) is 3.88. The smallest absolute Gasteiger partial charge is 0.357 e. The summed E-state index contributed by atoms with van der Waals surface area (Å²) in [6.45, 7) is 7.55. The van der Waals surface area contributed by atoms with Crippen molar-refractivity contribution >= 4 is 11.9 Å². The molecule has 0 aliphatic carbocycles. The summed E-state index contributed by atoms with van der Waals surface area (Å²) >= 11 is 0. The molecule has 2 N–H and O–H groups in total. The van der Waals surface area contributed by atoms with Crippen LogP contribution in [0.25, 0.3) is 0 Å². The van der Waals surface area contributed by atoms with Crippen LogP contribution in [0.1, 0.15) is 19.3 Å². The number of hydrogen-bond acceptors (Lipinski definition) is 4. The summed E-state index contributed by atoms with van der Waals surface area (Å²) in [4.78, 5) is 25.1. The minimum Gasteiger partial charge on any atom is -0.457 e. The van der Waals surface area contributed by atoms with Crippen molar-refractivity contribution in [3.63, 3.8) is 0 Å². The van der Waals surface area contributed by atoms with Gasteiger partial charge in [-0.25, -0.2) is 4.79 Å². The van der Waals surface area contributed by atoms with Crippen molar-refractivity contribution in [2.45, 2.75) is 19.3 Å². The highest BCUT2D eigenvalue weighted by Crippen LogP contribution is 2.22. The Balaban J connectivity index is 2.75. The zero-order valence-electron chi connectivity index (χ0n) is 10.4. The SMILES string of the molecule is C=CCCC(=O)N1CCC(N)=C1C(=O)OCC=C. The summed E-state index contributed by atoms with van der Waals surface area (Å²) in [7, 11) is 0. The molecule has 0 saturated carbocycles. The van der Waals surface area contributed by atoms with E-state index in [2.05, 4.69) is 13.2 Å². The van der Waals surface area contributed by atoms with E-state index in [1.165, 1.54) is 11.0 Å². The minimum absolute atomic E-state index is 0.101. The first-order valence-corrected chi connectivity index (χ1v) is 5.79. The third-order valence-electron chi connectivity index (χ3n) is 2.57. The highest BCUT2D eigenvalue weighted by Gasteiger charge is 2.31. The standard InChI is InChI=1S/C13H18N2O3/c1-3-5-6-11(16)15-8-7-10(14)12(15)13(17)18-9-4-2/h3-4H,1-2,5-9,14H2. The van der Waals surface area contributed by atoms with Gasteiger partial charge in [-0.2, -0.15) is 0 Å². The van der Waals surface area contributed by atoms with Gasteiger partial charge in [-0.15, -0.1) is 6.58 Å². The molecule has 1 aliphatic rings. The van der Waals surface area contributed by atoms with E-state index < -0.39 is 5.97 Å². The lowest BCUT2D eigenvalue weighted by molar-refractivity contribution is -0.143. The number of nitrogens with two attached hydrogens (primary N) is 1. The van der Waals surface area contributed by atoms with E-state index in [0.29, 0.717) is 31.5 Å². The molecule has 0 atom stereocenters. The summed E-state index contributed by atoms with van der Waals surface area (Å²) in [5.74, 6) is -0.710. The number of allylic oxidation sites excluding steroid dienone is 1. The molecule has 1 amide bonds. The summed E-state index contributed by atoms with van der Waals surface area (Å²) in [5.41, 5.74) is 6.32. The summed E-state index contributed by atoms with van der Waals surface area (Å²) in [6, 6.07) is 0. The molecule has 0 aromatic rings. The van der Waals surface area contributed by atoms with Gasteiger partial charge < -0.3 is 15.4 Å². The molecule has 5 heteroatoms. The fraction of sp³-hybridized carbons (Fsp3) is 0.385. The van der Waals surface area contributed by atoms with E-state index in [1.54, 1.807) is 6.08 Å². The third kappa shape index (κ3) is 3.23. The first kappa shape index (κ1) is 14.0. The van der Waals surface area contributed by atoms with E-state index >= 15 is 0 Å². The third-order valence-corrected chi connectivity index (χ3v) is 2.57. The van der Waals surface area contributed by atoms with Crippen LogP contribution in [-0.2, 0) is 14.3 Å². The molecule has 0 unspecified atom stereocenters. The molecule has 1 aliphatic heterocycles. The van der Waals surface area contributed by atoms with Crippen LogP contribution in [0, 0.1) is 0 Å². The van der Waals surface area contributed by atoms with Crippen LogP contribution in [0.3, 0.4) is 0 Å². The van der Waals surface area contributed by atoms with Gasteiger partial charge >= 0.3 is 5.97 Å². The molecule has 1 heterocycles. The molecule has 0 aromatic carbocycles. The molecule has 0 aromatic heterocycles. The van der Waals surface area contributed by atoms with E-state index in [1.807, 2.05) is 0 Å². The number of nitrogens with zero attached hydrogens (tertiary/aromatic N) is 1. The van der Waals surface area contributed by atoms with Gasteiger partial charge in [0, 0.05) is 25.1 Å². The number of hydrogen-bond donors (Lipinski definition) is 1. The van der Waals surface area contributed by atoms with Crippen LogP contribution in [0.4, 0.5) is 0 Å². The Kier molecular flexibility index (Phi) is 5.17. The monoisotopic (exact) mass is 250 g/mol. The maximum atomic E-state index is 11.9. The number of carbonyl (C=O) groups excluding carboxylic acids is 2. The zero-order valence-corrected chi connectivity index (χ0v) is 10.4. The quantitative estimate of drug-likeness (QED) is 0.565. The van der Waals surface area contributed by atoms with Crippen molar-refractivity contribution in [2.24, 2.45) is 5.73 Å². The Morgan fingerprint density at radius 2 is 2.11 bits per heavy atom. The van der Waals surface area contributed by atoms with Crippen LogP contribution in [0.2, 0.25) is 0 Å². The second kappa shape index (κ2) is 6.64. The van der Waals surface area contributed by atoms with Crippen LogP contribution < -0.4 is 5.73 Å². The normalized spacial score (nSPS) is 14.6. The Hall–Kier alpha value is -2.04.